The average molecular weight is 446 g/mol. The number of sulfonamides is 1. The van der Waals surface area contributed by atoms with Gasteiger partial charge < -0.3 is 10.2 Å². The Balaban J connectivity index is 1.64. The molecule has 0 fully saturated rings. The van der Waals surface area contributed by atoms with Gasteiger partial charge in [-0.3, -0.25) is 4.79 Å². The van der Waals surface area contributed by atoms with Crippen molar-refractivity contribution in [1.82, 2.24) is 24.8 Å². The maximum atomic E-state index is 12.8. The molecule has 31 heavy (non-hydrogen) atoms. The SMILES string of the molecule is CCN(CC)S(=O)(=O)c1ccc2nnn(OCC(=O)NCCc3ccccc3C)c2c1. The van der Waals surface area contributed by atoms with E-state index in [1.807, 2.05) is 31.2 Å². The number of aromatic nitrogens is 3. The molecular formula is C21H27N5O4S. The molecule has 0 radical (unpaired) electrons. The Hall–Kier alpha value is -2.98. The van der Waals surface area contributed by atoms with Crippen LogP contribution in [0.15, 0.2) is 47.4 Å². The summed E-state index contributed by atoms with van der Waals surface area (Å²) >= 11 is 0. The molecule has 0 bridgehead atoms. The molecule has 10 heteroatoms. The first-order valence-electron chi connectivity index (χ1n) is 10.2. The van der Waals surface area contributed by atoms with E-state index in [0.29, 0.717) is 30.7 Å². The van der Waals surface area contributed by atoms with Crippen molar-refractivity contribution in [2.45, 2.75) is 32.1 Å². The molecule has 0 atom stereocenters. The lowest BCUT2D eigenvalue weighted by molar-refractivity contribution is -0.126. The van der Waals surface area contributed by atoms with Crippen molar-refractivity contribution < 1.29 is 18.0 Å². The molecule has 0 saturated carbocycles. The van der Waals surface area contributed by atoms with Gasteiger partial charge in [0.15, 0.2) is 6.61 Å². The highest BCUT2D eigenvalue weighted by Gasteiger charge is 2.23. The number of hydrogen-bond acceptors (Lipinski definition) is 6. The van der Waals surface area contributed by atoms with Crippen LogP contribution in [0.2, 0.25) is 0 Å². The van der Waals surface area contributed by atoms with Gasteiger partial charge in [0.25, 0.3) is 5.91 Å². The standard InChI is InChI=1S/C21H27N5O4S/c1-4-25(5-2)31(28,29)18-10-11-19-20(14-18)26(24-23-19)30-15-21(27)22-13-12-17-9-7-6-8-16(17)3/h6-11,14H,4-5,12-13,15H2,1-3H3,(H,22,27). The highest BCUT2D eigenvalue weighted by Crippen LogP contribution is 2.20. The molecular weight excluding hydrogens is 418 g/mol. The molecule has 1 amide bonds. The second-order valence-electron chi connectivity index (χ2n) is 7.00. The summed E-state index contributed by atoms with van der Waals surface area (Å²) in [6.07, 6.45) is 0.719. The molecule has 0 aliphatic heterocycles. The maximum Gasteiger partial charge on any atom is 0.260 e. The number of fused-ring (bicyclic) bond motifs is 1. The lowest BCUT2D eigenvalue weighted by Crippen LogP contribution is -2.33. The van der Waals surface area contributed by atoms with Crippen LogP contribution < -0.4 is 10.2 Å². The normalized spacial score (nSPS) is 11.7. The number of aryl methyl sites for hydroxylation is 1. The second kappa shape index (κ2) is 9.88. The fourth-order valence-corrected chi connectivity index (χ4v) is 4.72. The number of carbonyl (C=O) groups is 1. The first-order chi connectivity index (χ1) is 14.9. The van der Waals surface area contributed by atoms with Gasteiger partial charge in [-0.2, -0.15) is 4.31 Å². The van der Waals surface area contributed by atoms with Gasteiger partial charge in [-0.15, -0.1) is 5.10 Å². The Morgan fingerprint density at radius 1 is 1.16 bits per heavy atom. The van der Waals surface area contributed by atoms with Gasteiger partial charge >= 0.3 is 0 Å². The van der Waals surface area contributed by atoms with Crippen LogP contribution in [0.25, 0.3) is 11.0 Å². The summed E-state index contributed by atoms with van der Waals surface area (Å²) in [5, 5.41) is 10.6. The first kappa shape index (κ1) is 22.7. The molecule has 0 unspecified atom stereocenters. The summed E-state index contributed by atoms with van der Waals surface area (Å²) in [4.78, 5) is 18.8. The predicted octanol–water partition coefficient (Wildman–Crippen LogP) is 1.56. The molecule has 3 rings (SSSR count). The Kier molecular flexibility index (Phi) is 7.24. The minimum atomic E-state index is -3.63. The van der Waals surface area contributed by atoms with Crippen LogP contribution in [0.4, 0.5) is 0 Å². The summed E-state index contributed by atoms with van der Waals surface area (Å²) in [6.45, 7) is 6.56. The number of nitrogens with one attached hydrogen (secondary N) is 1. The van der Waals surface area contributed by atoms with Gasteiger partial charge in [-0.1, -0.05) is 43.0 Å². The number of rotatable bonds is 10. The van der Waals surface area contributed by atoms with Crippen molar-refractivity contribution in [3.63, 3.8) is 0 Å². The Bertz CT molecular complexity index is 1160. The van der Waals surface area contributed by atoms with Crippen molar-refractivity contribution in [3.05, 3.63) is 53.6 Å². The third kappa shape index (κ3) is 5.20. The van der Waals surface area contributed by atoms with E-state index in [-0.39, 0.29) is 17.4 Å². The number of benzene rings is 2. The van der Waals surface area contributed by atoms with E-state index in [4.69, 9.17) is 4.84 Å². The van der Waals surface area contributed by atoms with Gasteiger partial charge in [0.05, 0.1) is 4.90 Å². The predicted molar refractivity (Wildman–Crippen MR) is 117 cm³/mol. The molecule has 0 aliphatic rings. The Morgan fingerprint density at radius 2 is 1.90 bits per heavy atom. The molecule has 9 nitrogen and oxygen atoms in total. The Labute approximate surface area is 182 Å². The zero-order chi connectivity index (χ0) is 22.4. The van der Waals surface area contributed by atoms with E-state index in [2.05, 4.69) is 15.6 Å². The lowest BCUT2D eigenvalue weighted by atomic mass is 10.1. The van der Waals surface area contributed by atoms with Gasteiger partial charge in [-0.25, -0.2) is 8.42 Å². The number of amides is 1. The molecule has 0 aliphatic carbocycles. The third-order valence-corrected chi connectivity index (χ3v) is 7.07. The average Bonchev–Trinajstić information content (AvgIpc) is 3.16. The number of nitrogens with zero attached hydrogens (tertiary/aromatic N) is 4. The monoisotopic (exact) mass is 445 g/mol. The van der Waals surface area contributed by atoms with Crippen LogP contribution in [0.1, 0.15) is 25.0 Å². The van der Waals surface area contributed by atoms with Gasteiger partial charge in [0, 0.05) is 19.6 Å². The van der Waals surface area contributed by atoms with Crippen LogP contribution >= 0.6 is 0 Å². The largest absolute Gasteiger partial charge is 0.385 e. The zero-order valence-corrected chi connectivity index (χ0v) is 18.7. The van der Waals surface area contributed by atoms with Gasteiger partial charge in [-0.05, 0) is 47.9 Å². The van der Waals surface area contributed by atoms with Crippen molar-refractivity contribution in [3.8, 4) is 0 Å². The van der Waals surface area contributed by atoms with E-state index in [0.717, 1.165) is 11.3 Å². The second-order valence-corrected chi connectivity index (χ2v) is 8.94. The van der Waals surface area contributed by atoms with Crippen LogP contribution in [0, 0.1) is 6.92 Å². The van der Waals surface area contributed by atoms with Crippen LogP contribution in [0.5, 0.6) is 0 Å². The van der Waals surface area contributed by atoms with Gasteiger partial charge in [0.1, 0.15) is 11.0 Å². The summed E-state index contributed by atoms with van der Waals surface area (Å²) in [5.74, 6) is -0.302. The molecule has 3 aromatic rings. The third-order valence-electron chi connectivity index (χ3n) is 5.03. The smallest absolute Gasteiger partial charge is 0.260 e. The van der Waals surface area contributed by atoms with Crippen LogP contribution in [-0.2, 0) is 21.2 Å². The molecule has 1 heterocycles. The highest BCUT2D eigenvalue weighted by atomic mass is 32.2. The minimum Gasteiger partial charge on any atom is -0.385 e. The van der Waals surface area contributed by atoms with E-state index in [1.165, 1.54) is 27.6 Å². The van der Waals surface area contributed by atoms with Crippen molar-refractivity contribution in [2.24, 2.45) is 0 Å². The van der Waals surface area contributed by atoms with Crippen molar-refractivity contribution >= 4 is 27.0 Å². The molecule has 2 aromatic carbocycles. The van der Waals surface area contributed by atoms with E-state index in [1.54, 1.807) is 19.9 Å². The summed E-state index contributed by atoms with van der Waals surface area (Å²) < 4.78 is 26.9. The molecule has 0 spiro atoms. The molecule has 0 saturated heterocycles. The fourth-order valence-electron chi connectivity index (χ4n) is 3.24. The number of carbonyl (C=O) groups excluding carboxylic acids is 1. The van der Waals surface area contributed by atoms with Crippen LogP contribution in [0.3, 0.4) is 0 Å². The molecule has 1 aromatic heterocycles. The maximum absolute atomic E-state index is 12.8. The summed E-state index contributed by atoms with van der Waals surface area (Å²) in [5.41, 5.74) is 3.20. The lowest BCUT2D eigenvalue weighted by Gasteiger charge is -2.18. The van der Waals surface area contributed by atoms with Gasteiger partial charge in [0.2, 0.25) is 10.0 Å². The van der Waals surface area contributed by atoms with Crippen LogP contribution in [-0.4, -0.2) is 60.0 Å². The molecule has 1 N–H and O–H groups in total. The van der Waals surface area contributed by atoms with Crippen molar-refractivity contribution in [2.75, 3.05) is 26.2 Å². The summed E-state index contributed by atoms with van der Waals surface area (Å²) in [7, 11) is -3.63. The first-order valence-corrected chi connectivity index (χ1v) is 11.6. The fraction of sp³-hybridized carbons (Fsp3) is 0.381. The zero-order valence-electron chi connectivity index (χ0n) is 17.9. The minimum absolute atomic E-state index is 0.124. The van der Waals surface area contributed by atoms with E-state index < -0.39 is 10.0 Å². The van der Waals surface area contributed by atoms with E-state index in [9.17, 15) is 13.2 Å². The Morgan fingerprint density at radius 3 is 2.61 bits per heavy atom. The topological polar surface area (TPSA) is 106 Å². The molecule has 166 valence electrons. The highest BCUT2D eigenvalue weighted by molar-refractivity contribution is 7.89. The quantitative estimate of drug-likeness (QED) is 0.508. The number of hydrogen-bond donors (Lipinski definition) is 1. The summed E-state index contributed by atoms with van der Waals surface area (Å²) in [6, 6.07) is 12.5. The van der Waals surface area contributed by atoms with Crippen molar-refractivity contribution in [1.29, 1.82) is 0 Å². The van der Waals surface area contributed by atoms with E-state index >= 15 is 0 Å².